The van der Waals surface area contributed by atoms with Crippen LogP contribution in [0.4, 0.5) is 10.5 Å². The number of rotatable bonds is 4. The Kier molecular flexibility index (Phi) is 5.92. The highest BCUT2D eigenvalue weighted by Crippen LogP contribution is 2.27. The highest BCUT2D eigenvalue weighted by Gasteiger charge is 2.14. The summed E-state index contributed by atoms with van der Waals surface area (Å²) < 4.78 is 0. The van der Waals surface area contributed by atoms with Crippen molar-refractivity contribution in [3.05, 3.63) is 28.3 Å². The molecule has 0 saturated heterocycles. The standard InChI is InChI=1S/C17H25ClN2O/c1-12-10-13(2)16(15(18)11-12)20-17(21)19-9-8-14-6-4-3-5-7-14/h10-11,14H,3-9H2,1-2H3,(H2,19,20,21). The van der Waals surface area contributed by atoms with Crippen molar-refractivity contribution in [1.82, 2.24) is 5.32 Å². The number of anilines is 1. The molecule has 21 heavy (non-hydrogen) atoms. The van der Waals surface area contributed by atoms with E-state index in [0.717, 1.165) is 30.0 Å². The van der Waals surface area contributed by atoms with Crippen LogP contribution in [0.3, 0.4) is 0 Å². The molecule has 3 nitrogen and oxygen atoms in total. The summed E-state index contributed by atoms with van der Waals surface area (Å²) in [5.74, 6) is 0.781. The fraction of sp³-hybridized carbons (Fsp3) is 0.588. The second-order valence-electron chi connectivity index (χ2n) is 6.11. The smallest absolute Gasteiger partial charge is 0.319 e. The van der Waals surface area contributed by atoms with Gasteiger partial charge in [-0.05, 0) is 43.4 Å². The Bertz CT molecular complexity index is 473. The van der Waals surface area contributed by atoms with Gasteiger partial charge in [0.1, 0.15) is 0 Å². The predicted octanol–water partition coefficient (Wildman–Crippen LogP) is 5.05. The summed E-state index contributed by atoms with van der Waals surface area (Å²) in [6.45, 7) is 4.68. The molecule has 2 N–H and O–H groups in total. The molecule has 2 rings (SSSR count). The highest BCUT2D eigenvalue weighted by molar-refractivity contribution is 6.34. The first-order valence-corrected chi connectivity index (χ1v) is 8.25. The van der Waals surface area contributed by atoms with Crippen LogP contribution in [-0.4, -0.2) is 12.6 Å². The van der Waals surface area contributed by atoms with E-state index in [1.54, 1.807) is 0 Å². The molecule has 1 fully saturated rings. The topological polar surface area (TPSA) is 41.1 Å². The van der Waals surface area contributed by atoms with Crippen LogP contribution >= 0.6 is 11.6 Å². The van der Waals surface area contributed by atoms with Gasteiger partial charge in [0.15, 0.2) is 0 Å². The van der Waals surface area contributed by atoms with Crippen molar-refractivity contribution in [3.63, 3.8) is 0 Å². The summed E-state index contributed by atoms with van der Waals surface area (Å²) in [6.07, 6.45) is 7.76. The van der Waals surface area contributed by atoms with Crippen LogP contribution in [0, 0.1) is 19.8 Å². The van der Waals surface area contributed by atoms with E-state index in [0.29, 0.717) is 10.7 Å². The maximum Gasteiger partial charge on any atom is 0.319 e. The minimum Gasteiger partial charge on any atom is -0.338 e. The number of amides is 2. The van der Waals surface area contributed by atoms with Gasteiger partial charge < -0.3 is 10.6 Å². The Morgan fingerprint density at radius 1 is 1.24 bits per heavy atom. The van der Waals surface area contributed by atoms with Gasteiger partial charge in [0, 0.05) is 6.54 Å². The number of carbonyl (C=O) groups excluding carboxylic acids is 1. The van der Waals surface area contributed by atoms with Crippen molar-refractivity contribution in [2.45, 2.75) is 52.4 Å². The number of carbonyl (C=O) groups is 1. The molecule has 0 unspecified atom stereocenters. The van der Waals surface area contributed by atoms with Crippen LogP contribution < -0.4 is 10.6 Å². The first-order valence-electron chi connectivity index (χ1n) is 7.88. The number of benzene rings is 1. The molecule has 0 aromatic heterocycles. The van der Waals surface area contributed by atoms with Gasteiger partial charge in [0.05, 0.1) is 10.7 Å². The summed E-state index contributed by atoms with van der Waals surface area (Å²) in [7, 11) is 0. The van der Waals surface area contributed by atoms with Crippen molar-refractivity contribution in [2.24, 2.45) is 5.92 Å². The minimum atomic E-state index is -0.167. The molecule has 1 saturated carbocycles. The van der Waals surface area contributed by atoms with Crippen LogP contribution in [0.15, 0.2) is 12.1 Å². The molecule has 116 valence electrons. The fourth-order valence-electron chi connectivity index (χ4n) is 3.10. The van der Waals surface area contributed by atoms with E-state index in [4.69, 9.17) is 11.6 Å². The van der Waals surface area contributed by atoms with E-state index in [-0.39, 0.29) is 6.03 Å². The number of hydrogen-bond acceptors (Lipinski definition) is 1. The SMILES string of the molecule is Cc1cc(C)c(NC(=O)NCCC2CCCCC2)c(Cl)c1. The van der Waals surface area contributed by atoms with Gasteiger partial charge >= 0.3 is 6.03 Å². The van der Waals surface area contributed by atoms with E-state index in [9.17, 15) is 4.79 Å². The average Bonchev–Trinajstić information content (AvgIpc) is 2.44. The lowest BCUT2D eigenvalue weighted by Crippen LogP contribution is -2.31. The van der Waals surface area contributed by atoms with E-state index >= 15 is 0 Å². The largest absolute Gasteiger partial charge is 0.338 e. The molecule has 0 atom stereocenters. The third kappa shape index (κ3) is 4.92. The molecular weight excluding hydrogens is 284 g/mol. The quantitative estimate of drug-likeness (QED) is 0.803. The Morgan fingerprint density at radius 2 is 1.95 bits per heavy atom. The zero-order chi connectivity index (χ0) is 15.2. The minimum absolute atomic E-state index is 0.167. The lowest BCUT2D eigenvalue weighted by molar-refractivity contribution is 0.250. The van der Waals surface area contributed by atoms with E-state index < -0.39 is 0 Å². The third-order valence-corrected chi connectivity index (χ3v) is 4.53. The number of nitrogens with one attached hydrogen (secondary N) is 2. The summed E-state index contributed by atoms with van der Waals surface area (Å²) in [4.78, 5) is 12.0. The van der Waals surface area contributed by atoms with Crippen LogP contribution in [0.25, 0.3) is 0 Å². The van der Waals surface area contributed by atoms with Gasteiger partial charge in [-0.2, -0.15) is 0 Å². The molecule has 0 aliphatic heterocycles. The molecule has 0 heterocycles. The maximum atomic E-state index is 12.0. The first-order chi connectivity index (χ1) is 10.1. The predicted molar refractivity (Wildman–Crippen MR) is 89.1 cm³/mol. The van der Waals surface area contributed by atoms with Crippen LogP contribution in [0.2, 0.25) is 5.02 Å². The second kappa shape index (κ2) is 7.69. The zero-order valence-electron chi connectivity index (χ0n) is 13.0. The lowest BCUT2D eigenvalue weighted by Gasteiger charge is -2.21. The first kappa shape index (κ1) is 16.2. The average molecular weight is 309 g/mol. The molecule has 1 aliphatic rings. The molecule has 0 spiro atoms. The van der Waals surface area contributed by atoms with Gasteiger partial charge in [-0.25, -0.2) is 4.79 Å². The van der Waals surface area contributed by atoms with Crippen LogP contribution in [0.5, 0.6) is 0 Å². The number of urea groups is 1. The summed E-state index contributed by atoms with van der Waals surface area (Å²) in [5.41, 5.74) is 2.79. The van der Waals surface area contributed by atoms with Crippen molar-refractivity contribution in [2.75, 3.05) is 11.9 Å². The van der Waals surface area contributed by atoms with Crippen LogP contribution in [-0.2, 0) is 0 Å². The van der Waals surface area contributed by atoms with E-state index in [2.05, 4.69) is 10.6 Å². The molecular formula is C17H25ClN2O. The van der Waals surface area contributed by atoms with Crippen molar-refractivity contribution < 1.29 is 4.79 Å². The highest BCUT2D eigenvalue weighted by atomic mass is 35.5. The van der Waals surface area contributed by atoms with E-state index in [1.165, 1.54) is 32.1 Å². The van der Waals surface area contributed by atoms with Gasteiger partial charge in [-0.1, -0.05) is 49.8 Å². The second-order valence-corrected chi connectivity index (χ2v) is 6.52. The lowest BCUT2D eigenvalue weighted by atomic mass is 9.87. The Hall–Kier alpha value is -1.22. The molecule has 1 aromatic carbocycles. The Labute approximate surface area is 132 Å². The van der Waals surface area contributed by atoms with E-state index in [1.807, 2.05) is 26.0 Å². The maximum absolute atomic E-state index is 12.0. The Balaban J connectivity index is 1.79. The fourth-order valence-corrected chi connectivity index (χ4v) is 3.47. The molecule has 1 aliphatic carbocycles. The van der Waals surface area contributed by atoms with Gasteiger partial charge in [-0.3, -0.25) is 0 Å². The number of hydrogen-bond donors (Lipinski definition) is 2. The number of halogens is 1. The normalized spacial score (nSPS) is 15.8. The summed E-state index contributed by atoms with van der Waals surface area (Å²) in [6, 6.07) is 3.72. The molecule has 0 radical (unpaired) electrons. The summed E-state index contributed by atoms with van der Waals surface area (Å²) in [5, 5.41) is 6.39. The zero-order valence-corrected chi connectivity index (χ0v) is 13.7. The van der Waals surface area contributed by atoms with Gasteiger partial charge in [0.2, 0.25) is 0 Å². The van der Waals surface area contributed by atoms with Gasteiger partial charge in [0.25, 0.3) is 0 Å². The molecule has 4 heteroatoms. The molecule has 0 bridgehead atoms. The van der Waals surface area contributed by atoms with Crippen molar-refractivity contribution in [3.8, 4) is 0 Å². The monoisotopic (exact) mass is 308 g/mol. The Morgan fingerprint density at radius 3 is 2.62 bits per heavy atom. The van der Waals surface area contributed by atoms with Crippen LogP contribution in [0.1, 0.15) is 49.7 Å². The number of aryl methyl sites for hydroxylation is 2. The summed E-state index contributed by atoms with van der Waals surface area (Å²) >= 11 is 6.19. The molecule has 1 aromatic rings. The van der Waals surface area contributed by atoms with Crippen molar-refractivity contribution in [1.29, 1.82) is 0 Å². The molecule has 2 amide bonds. The third-order valence-electron chi connectivity index (χ3n) is 4.23. The van der Waals surface area contributed by atoms with Crippen molar-refractivity contribution >= 4 is 23.3 Å². The van der Waals surface area contributed by atoms with Gasteiger partial charge in [-0.15, -0.1) is 0 Å².